The fraction of sp³-hybridized carbons (Fsp3) is 0.600. The molecule has 0 amide bonds. The van der Waals surface area contributed by atoms with Gasteiger partial charge in [-0.15, -0.1) is 0 Å². The van der Waals surface area contributed by atoms with Crippen LogP contribution in [0.4, 0.5) is 5.69 Å². The zero-order valence-corrected chi connectivity index (χ0v) is 10.6. The molecule has 1 aromatic carbocycles. The second-order valence-corrected chi connectivity index (χ2v) is 5.31. The first kappa shape index (κ1) is 11.5. The summed E-state index contributed by atoms with van der Waals surface area (Å²) in [6.07, 6.45) is 6.41. The van der Waals surface area contributed by atoms with E-state index in [-0.39, 0.29) is 0 Å². The molecule has 0 saturated heterocycles. The van der Waals surface area contributed by atoms with Gasteiger partial charge in [-0.2, -0.15) is 0 Å². The SMILES string of the molecule is CC(C)CCCc1ccc2c(c1)NCCC2. The minimum atomic E-state index is 0.829. The molecule has 0 unspecified atom stereocenters. The van der Waals surface area contributed by atoms with E-state index in [0.29, 0.717) is 0 Å². The lowest BCUT2D eigenvalue weighted by molar-refractivity contribution is 0.556. The molecule has 0 aromatic heterocycles. The van der Waals surface area contributed by atoms with Crippen molar-refractivity contribution in [2.45, 2.75) is 46.0 Å². The molecule has 0 atom stereocenters. The Hall–Kier alpha value is -0.980. The Morgan fingerprint density at radius 3 is 3.00 bits per heavy atom. The Morgan fingerprint density at radius 2 is 2.19 bits per heavy atom. The molecule has 1 heteroatoms. The van der Waals surface area contributed by atoms with Crippen LogP contribution in [0.1, 0.15) is 44.2 Å². The molecule has 0 saturated carbocycles. The van der Waals surface area contributed by atoms with Crippen LogP contribution < -0.4 is 5.32 Å². The van der Waals surface area contributed by atoms with Crippen LogP contribution >= 0.6 is 0 Å². The molecule has 1 aliphatic rings. The average molecular weight is 217 g/mol. The predicted octanol–water partition coefficient (Wildman–Crippen LogP) is 4.02. The van der Waals surface area contributed by atoms with Crippen LogP contribution in [0.15, 0.2) is 18.2 Å². The second kappa shape index (κ2) is 5.38. The van der Waals surface area contributed by atoms with Crippen molar-refractivity contribution in [3.8, 4) is 0 Å². The number of rotatable bonds is 4. The highest BCUT2D eigenvalue weighted by Crippen LogP contribution is 2.24. The fourth-order valence-electron chi connectivity index (χ4n) is 2.38. The minimum Gasteiger partial charge on any atom is -0.385 e. The van der Waals surface area contributed by atoms with E-state index in [0.717, 1.165) is 12.5 Å². The Morgan fingerprint density at radius 1 is 1.31 bits per heavy atom. The van der Waals surface area contributed by atoms with E-state index in [1.54, 1.807) is 0 Å². The van der Waals surface area contributed by atoms with E-state index >= 15 is 0 Å². The molecule has 0 bridgehead atoms. The highest BCUT2D eigenvalue weighted by Gasteiger charge is 2.08. The van der Waals surface area contributed by atoms with Crippen LogP contribution in [0, 0.1) is 5.92 Å². The number of aryl methyl sites for hydroxylation is 2. The molecule has 0 radical (unpaired) electrons. The molecule has 0 spiro atoms. The standard InChI is InChI=1S/C15H23N/c1-12(2)5-3-6-13-8-9-14-7-4-10-16-15(14)11-13/h8-9,11-12,16H,3-7,10H2,1-2H3. The fourth-order valence-corrected chi connectivity index (χ4v) is 2.38. The molecular weight excluding hydrogens is 194 g/mol. The van der Waals surface area contributed by atoms with Gasteiger partial charge in [0.25, 0.3) is 0 Å². The van der Waals surface area contributed by atoms with E-state index in [4.69, 9.17) is 0 Å². The number of benzene rings is 1. The summed E-state index contributed by atoms with van der Waals surface area (Å²) in [4.78, 5) is 0. The van der Waals surface area contributed by atoms with Crippen molar-refractivity contribution < 1.29 is 0 Å². The van der Waals surface area contributed by atoms with Gasteiger partial charge in [0.1, 0.15) is 0 Å². The predicted molar refractivity (Wildman–Crippen MR) is 71.0 cm³/mol. The molecule has 16 heavy (non-hydrogen) atoms. The maximum atomic E-state index is 3.50. The topological polar surface area (TPSA) is 12.0 Å². The molecular formula is C15H23N. The van der Waals surface area contributed by atoms with Crippen LogP contribution in [-0.2, 0) is 12.8 Å². The monoisotopic (exact) mass is 217 g/mol. The summed E-state index contributed by atoms with van der Waals surface area (Å²) in [7, 11) is 0. The van der Waals surface area contributed by atoms with Crippen molar-refractivity contribution in [2.75, 3.05) is 11.9 Å². The van der Waals surface area contributed by atoms with E-state index < -0.39 is 0 Å². The Labute approximate surface area is 99.3 Å². The maximum Gasteiger partial charge on any atom is 0.0375 e. The smallest absolute Gasteiger partial charge is 0.0375 e. The second-order valence-electron chi connectivity index (χ2n) is 5.31. The number of hydrogen-bond donors (Lipinski definition) is 1. The van der Waals surface area contributed by atoms with E-state index in [9.17, 15) is 0 Å². The highest BCUT2D eigenvalue weighted by molar-refractivity contribution is 5.54. The Kier molecular flexibility index (Phi) is 3.87. The summed E-state index contributed by atoms with van der Waals surface area (Å²) < 4.78 is 0. The molecule has 1 aliphatic heterocycles. The van der Waals surface area contributed by atoms with Gasteiger partial charge in [-0.25, -0.2) is 0 Å². The molecule has 1 aromatic rings. The summed E-state index contributed by atoms with van der Waals surface area (Å²) >= 11 is 0. The van der Waals surface area contributed by atoms with Crippen molar-refractivity contribution in [1.29, 1.82) is 0 Å². The van der Waals surface area contributed by atoms with E-state index in [2.05, 4.69) is 37.4 Å². The Bertz CT molecular complexity index is 341. The first-order valence-electron chi connectivity index (χ1n) is 6.61. The zero-order chi connectivity index (χ0) is 11.4. The molecule has 88 valence electrons. The van der Waals surface area contributed by atoms with Gasteiger partial charge in [0.2, 0.25) is 0 Å². The summed E-state index contributed by atoms with van der Waals surface area (Å²) in [6.45, 7) is 5.74. The lowest BCUT2D eigenvalue weighted by Crippen LogP contribution is -2.11. The molecule has 0 fully saturated rings. The quantitative estimate of drug-likeness (QED) is 0.803. The van der Waals surface area contributed by atoms with Crippen LogP contribution in [0.2, 0.25) is 0 Å². The molecule has 2 rings (SSSR count). The molecule has 1 heterocycles. The van der Waals surface area contributed by atoms with Gasteiger partial charge in [-0.05, 0) is 48.8 Å². The van der Waals surface area contributed by atoms with Crippen LogP contribution in [0.5, 0.6) is 0 Å². The van der Waals surface area contributed by atoms with Gasteiger partial charge in [-0.3, -0.25) is 0 Å². The first-order chi connectivity index (χ1) is 7.75. The largest absolute Gasteiger partial charge is 0.385 e. The van der Waals surface area contributed by atoms with Crippen molar-refractivity contribution >= 4 is 5.69 Å². The summed E-state index contributed by atoms with van der Waals surface area (Å²) in [6, 6.07) is 6.98. The van der Waals surface area contributed by atoms with Crippen molar-refractivity contribution in [2.24, 2.45) is 5.92 Å². The Balaban J connectivity index is 1.95. The number of nitrogens with one attached hydrogen (secondary N) is 1. The lowest BCUT2D eigenvalue weighted by Gasteiger charge is -2.18. The van der Waals surface area contributed by atoms with Gasteiger partial charge < -0.3 is 5.32 Å². The zero-order valence-electron chi connectivity index (χ0n) is 10.6. The van der Waals surface area contributed by atoms with Gasteiger partial charge in [0, 0.05) is 12.2 Å². The first-order valence-corrected chi connectivity index (χ1v) is 6.61. The van der Waals surface area contributed by atoms with E-state index in [1.165, 1.54) is 48.9 Å². The summed E-state index contributed by atoms with van der Waals surface area (Å²) in [5.41, 5.74) is 4.38. The van der Waals surface area contributed by atoms with Crippen LogP contribution in [-0.4, -0.2) is 6.54 Å². The van der Waals surface area contributed by atoms with E-state index in [1.807, 2.05) is 0 Å². The van der Waals surface area contributed by atoms with Gasteiger partial charge in [0.15, 0.2) is 0 Å². The third kappa shape index (κ3) is 3.01. The molecule has 1 nitrogen and oxygen atoms in total. The van der Waals surface area contributed by atoms with Crippen LogP contribution in [0.25, 0.3) is 0 Å². The normalized spacial score (nSPS) is 14.7. The van der Waals surface area contributed by atoms with Gasteiger partial charge in [-0.1, -0.05) is 32.4 Å². The highest BCUT2D eigenvalue weighted by atomic mass is 14.9. The van der Waals surface area contributed by atoms with Crippen molar-refractivity contribution in [3.05, 3.63) is 29.3 Å². The third-order valence-electron chi connectivity index (χ3n) is 3.36. The summed E-state index contributed by atoms with van der Waals surface area (Å²) in [5.74, 6) is 0.829. The maximum absolute atomic E-state index is 3.50. The molecule has 1 N–H and O–H groups in total. The van der Waals surface area contributed by atoms with Crippen molar-refractivity contribution in [3.63, 3.8) is 0 Å². The van der Waals surface area contributed by atoms with Gasteiger partial charge >= 0.3 is 0 Å². The van der Waals surface area contributed by atoms with Crippen LogP contribution in [0.3, 0.4) is 0 Å². The number of fused-ring (bicyclic) bond motifs is 1. The lowest BCUT2D eigenvalue weighted by atomic mass is 9.98. The minimum absolute atomic E-state index is 0.829. The number of hydrogen-bond acceptors (Lipinski definition) is 1. The number of anilines is 1. The molecule has 0 aliphatic carbocycles. The third-order valence-corrected chi connectivity index (χ3v) is 3.36. The van der Waals surface area contributed by atoms with Gasteiger partial charge in [0.05, 0.1) is 0 Å². The summed E-state index contributed by atoms with van der Waals surface area (Å²) in [5, 5.41) is 3.50. The van der Waals surface area contributed by atoms with Crippen molar-refractivity contribution in [1.82, 2.24) is 0 Å². The average Bonchev–Trinajstić information content (AvgIpc) is 2.28.